The third-order valence-corrected chi connectivity index (χ3v) is 3.62. The molecule has 5 nitrogen and oxygen atoms in total. The van der Waals surface area contributed by atoms with Crippen LogP contribution < -0.4 is 10.1 Å². The van der Waals surface area contributed by atoms with E-state index in [2.05, 4.69) is 15.5 Å². The Balaban J connectivity index is 1.69. The largest absolute Gasteiger partial charge is 0.495 e. The predicted molar refractivity (Wildman–Crippen MR) is 89.8 cm³/mol. The standard InChI is InChI=1S/C17H16ClN3O2/c1-11-4-3-5-12(8-11)17-21-20-16(23-17)10-19-13-6-7-15(22-2)14(18)9-13/h3-9,19H,10H2,1-2H3. The van der Waals surface area contributed by atoms with Gasteiger partial charge >= 0.3 is 0 Å². The molecule has 1 heterocycles. The van der Waals surface area contributed by atoms with Gasteiger partial charge in [0.1, 0.15) is 5.75 Å². The SMILES string of the molecule is COc1ccc(NCc2nnc(-c3cccc(C)c3)o2)cc1Cl. The number of hydrogen-bond acceptors (Lipinski definition) is 5. The van der Waals surface area contributed by atoms with Gasteiger partial charge in [-0.25, -0.2) is 0 Å². The zero-order valence-corrected chi connectivity index (χ0v) is 13.6. The number of hydrogen-bond donors (Lipinski definition) is 1. The van der Waals surface area contributed by atoms with E-state index >= 15 is 0 Å². The molecule has 0 amide bonds. The van der Waals surface area contributed by atoms with Crippen molar-refractivity contribution in [3.8, 4) is 17.2 Å². The summed E-state index contributed by atoms with van der Waals surface area (Å²) in [5, 5.41) is 11.9. The monoisotopic (exact) mass is 329 g/mol. The first kappa shape index (κ1) is 15.4. The molecule has 6 heteroatoms. The van der Waals surface area contributed by atoms with Gasteiger partial charge in [-0.2, -0.15) is 0 Å². The maximum atomic E-state index is 6.09. The summed E-state index contributed by atoms with van der Waals surface area (Å²) in [5.74, 6) is 1.66. The highest BCUT2D eigenvalue weighted by atomic mass is 35.5. The lowest BCUT2D eigenvalue weighted by Crippen LogP contribution is -1.99. The molecule has 3 rings (SSSR count). The van der Waals surface area contributed by atoms with Crippen LogP contribution in [0.2, 0.25) is 5.02 Å². The third-order valence-electron chi connectivity index (χ3n) is 3.33. The summed E-state index contributed by atoms with van der Waals surface area (Å²) in [5.41, 5.74) is 2.91. The molecule has 0 saturated carbocycles. The van der Waals surface area contributed by atoms with Gasteiger partial charge < -0.3 is 14.5 Å². The van der Waals surface area contributed by atoms with Crippen molar-refractivity contribution < 1.29 is 9.15 Å². The van der Waals surface area contributed by atoms with E-state index in [0.29, 0.717) is 29.1 Å². The number of anilines is 1. The van der Waals surface area contributed by atoms with E-state index in [4.69, 9.17) is 20.8 Å². The van der Waals surface area contributed by atoms with E-state index in [-0.39, 0.29) is 0 Å². The Hall–Kier alpha value is -2.53. The van der Waals surface area contributed by atoms with Crippen molar-refractivity contribution in [3.63, 3.8) is 0 Å². The number of nitrogens with one attached hydrogen (secondary N) is 1. The minimum Gasteiger partial charge on any atom is -0.495 e. The van der Waals surface area contributed by atoms with Crippen LogP contribution in [0.15, 0.2) is 46.9 Å². The molecule has 2 aromatic carbocycles. The Morgan fingerprint density at radius 3 is 2.78 bits per heavy atom. The first-order chi connectivity index (χ1) is 11.2. The lowest BCUT2D eigenvalue weighted by molar-refractivity contribution is 0.415. The van der Waals surface area contributed by atoms with Crippen LogP contribution >= 0.6 is 11.6 Å². The molecule has 1 N–H and O–H groups in total. The van der Waals surface area contributed by atoms with Crippen molar-refractivity contribution in [2.45, 2.75) is 13.5 Å². The van der Waals surface area contributed by atoms with Gasteiger partial charge in [0.05, 0.1) is 18.7 Å². The van der Waals surface area contributed by atoms with Gasteiger partial charge in [0.15, 0.2) is 0 Å². The predicted octanol–water partition coefficient (Wildman–Crippen LogP) is 4.32. The zero-order valence-electron chi connectivity index (χ0n) is 12.8. The van der Waals surface area contributed by atoms with E-state index in [1.807, 2.05) is 37.3 Å². The maximum Gasteiger partial charge on any atom is 0.247 e. The van der Waals surface area contributed by atoms with Crippen molar-refractivity contribution in [2.24, 2.45) is 0 Å². The summed E-state index contributed by atoms with van der Waals surface area (Å²) in [7, 11) is 1.58. The highest BCUT2D eigenvalue weighted by molar-refractivity contribution is 6.32. The number of nitrogens with zero attached hydrogens (tertiary/aromatic N) is 2. The van der Waals surface area contributed by atoms with Gasteiger partial charge in [-0.1, -0.05) is 29.3 Å². The number of aryl methyl sites for hydroxylation is 1. The molecule has 1 aromatic heterocycles. The second kappa shape index (κ2) is 6.71. The second-order valence-electron chi connectivity index (χ2n) is 5.07. The molecule has 0 aliphatic rings. The van der Waals surface area contributed by atoms with E-state index in [9.17, 15) is 0 Å². The normalized spacial score (nSPS) is 10.6. The number of methoxy groups -OCH3 is 1. The summed E-state index contributed by atoms with van der Waals surface area (Å²) < 4.78 is 10.8. The Labute approximate surface area is 139 Å². The smallest absolute Gasteiger partial charge is 0.247 e. The summed E-state index contributed by atoms with van der Waals surface area (Å²) in [4.78, 5) is 0. The lowest BCUT2D eigenvalue weighted by atomic mass is 10.1. The van der Waals surface area contributed by atoms with Crippen molar-refractivity contribution in [1.82, 2.24) is 10.2 Å². The van der Waals surface area contributed by atoms with Gasteiger partial charge in [-0.3, -0.25) is 0 Å². The Morgan fingerprint density at radius 1 is 1.17 bits per heavy atom. The minimum absolute atomic E-state index is 0.418. The lowest BCUT2D eigenvalue weighted by Gasteiger charge is -2.07. The van der Waals surface area contributed by atoms with Gasteiger partial charge in [-0.15, -0.1) is 10.2 Å². The van der Waals surface area contributed by atoms with Crippen molar-refractivity contribution in [2.75, 3.05) is 12.4 Å². The molecule has 0 aliphatic carbocycles. The highest BCUT2D eigenvalue weighted by Gasteiger charge is 2.09. The average Bonchev–Trinajstić information content (AvgIpc) is 3.02. The van der Waals surface area contributed by atoms with Crippen LogP contribution in [0.5, 0.6) is 5.75 Å². The van der Waals surface area contributed by atoms with E-state index in [1.165, 1.54) is 0 Å². The molecular weight excluding hydrogens is 314 g/mol. The fourth-order valence-electron chi connectivity index (χ4n) is 2.17. The molecule has 0 unspecified atom stereocenters. The van der Waals surface area contributed by atoms with Gasteiger partial charge in [0.2, 0.25) is 11.8 Å². The molecule has 118 valence electrons. The zero-order chi connectivity index (χ0) is 16.2. The first-order valence-corrected chi connectivity index (χ1v) is 7.50. The Morgan fingerprint density at radius 2 is 2.04 bits per heavy atom. The first-order valence-electron chi connectivity index (χ1n) is 7.12. The molecule has 0 spiro atoms. The van der Waals surface area contributed by atoms with Crippen molar-refractivity contribution in [1.29, 1.82) is 0 Å². The summed E-state index contributed by atoms with van der Waals surface area (Å²) in [6.45, 7) is 2.44. The molecule has 23 heavy (non-hydrogen) atoms. The molecule has 0 aliphatic heterocycles. The quantitative estimate of drug-likeness (QED) is 0.755. The summed E-state index contributed by atoms with van der Waals surface area (Å²) in [6.07, 6.45) is 0. The van der Waals surface area contributed by atoms with Crippen LogP contribution in [0, 0.1) is 6.92 Å². The molecule has 0 bridgehead atoms. The van der Waals surface area contributed by atoms with Crippen molar-refractivity contribution in [3.05, 3.63) is 58.9 Å². The molecule has 0 atom stereocenters. The van der Waals surface area contributed by atoms with Crippen LogP contribution in [-0.2, 0) is 6.54 Å². The summed E-state index contributed by atoms with van der Waals surface area (Å²) in [6, 6.07) is 13.4. The average molecular weight is 330 g/mol. The fraction of sp³-hybridized carbons (Fsp3) is 0.176. The second-order valence-corrected chi connectivity index (χ2v) is 5.48. The summed E-state index contributed by atoms with van der Waals surface area (Å²) >= 11 is 6.09. The number of aromatic nitrogens is 2. The van der Waals surface area contributed by atoms with E-state index in [0.717, 1.165) is 16.8 Å². The number of halogens is 1. The molecular formula is C17H16ClN3O2. The maximum absolute atomic E-state index is 6.09. The van der Waals surface area contributed by atoms with Gasteiger partial charge in [0.25, 0.3) is 0 Å². The van der Waals surface area contributed by atoms with Crippen LogP contribution in [-0.4, -0.2) is 17.3 Å². The number of rotatable bonds is 5. The Kier molecular flexibility index (Phi) is 4.48. The van der Waals surface area contributed by atoms with Gasteiger partial charge in [0, 0.05) is 11.3 Å². The van der Waals surface area contributed by atoms with E-state index < -0.39 is 0 Å². The molecule has 0 fully saturated rings. The Bertz CT molecular complexity index is 817. The number of ether oxygens (including phenoxy) is 1. The van der Waals surface area contributed by atoms with Crippen LogP contribution in [0.4, 0.5) is 5.69 Å². The van der Waals surface area contributed by atoms with Crippen LogP contribution in [0.1, 0.15) is 11.5 Å². The highest BCUT2D eigenvalue weighted by Crippen LogP contribution is 2.27. The van der Waals surface area contributed by atoms with Crippen molar-refractivity contribution >= 4 is 17.3 Å². The van der Waals surface area contributed by atoms with E-state index in [1.54, 1.807) is 19.2 Å². The topological polar surface area (TPSA) is 60.2 Å². The third kappa shape index (κ3) is 3.63. The van der Waals surface area contributed by atoms with Crippen LogP contribution in [0.3, 0.4) is 0 Å². The minimum atomic E-state index is 0.418. The number of benzene rings is 2. The fourth-order valence-corrected chi connectivity index (χ4v) is 2.43. The molecule has 0 saturated heterocycles. The van der Waals surface area contributed by atoms with Gasteiger partial charge in [-0.05, 0) is 37.3 Å². The van der Waals surface area contributed by atoms with Crippen LogP contribution in [0.25, 0.3) is 11.5 Å². The molecule has 0 radical (unpaired) electrons. The molecule has 3 aromatic rings.